The first-order valence-electron chi connectivity index (χ1n) is 8.79. The molecule has 1 heterocycles. The number of halogens is 3. The minimum Gasteiger partial charge on any atom is -0.497 e. The number of carbonyl (C=O) groups is 1. The molecule has 1 aromatic heterocycles. The number of nitrogens with zero attached hydrogens (tertiary/aromatic N) is 1. The second-order valence-electron chi connectivity index (χ2n) is 6.68. The molecule has 146 valence electrons. The van der Waals surface area contributed by atoms with E-state index in [2.05, 4.69) is 10.3 Å². The van der Waals surface area contributed by atoms with E-state index >= 15 is 0 Å². The summed E-state index contributed by atoms with van der Waals surface area (Å²) in [6.45, 7) is 1.87. The van der Waals surface area contributed by atoms with Gasteiger partial charge in [-0.1, -0.05) is 12.8 Å². The van der Waals surface area contributed by atoms with Crippen molar-refractivity contribution in [1.29, 1.82) is 0 Å². The second kappa shape index (κ2) is 7.88. The molecule has 8 heteroatoms. The molecule has 1 aromatic carbocycles. The Morgan fingerprint density at radius 1 is 1.22 bits per heavy atom. The van der Waals surface area contributed by atoms with Crippen molar-refractivity contribution in [2.24, 2.45) is 11.8 Å². The zero-order valence-electron chi connectivity index (χ0n) is 15.1. The van der Waals surface area contributed by atoms with Crippen molar-refractivity contribution in [3.05, 3.63) is 29.1 Å². The fraction of sp³-hybridized carbons (Fsp3) is 0.474. The highest BCUT2D eigenvalue weighted by Crippen LogP contribution is 2.42. The molecule has 0 radical (unpaired) electrons. The van der Waals surface area contributed by atoms with Gasteiger partial charge in [0.2, 0.25) is 5.91 Å². The van der Waals surface area contributed by atoms with Gasteiger partial charge in [-0.3, -0.25) is 4.79 Å². The number of aryl methyl sites for hydroxylation is 1. The Morgan fingerprint density at radius 2 is 1.89 bits per heavy atom. The summed E-state index contributed by atoms with van der Waals surface area (Å²) in [7, 11) is 1.58. The van der Waals surface area contributed by atoms with Crippen molar-refractivity contribution in [3.63, 3.8) is 0 Å². The third-order valence-electron chi connectivity index (χ3n) is 4.91. The monoisotopic (exact) mass is 398 g/mol. The maximum absolute atomic E-state index is 13.2. The Labute approximate surface area is 159 Å². The summed E-state index contributed by atoms with van der Waals surface area (Å²) in [6.07, 6.45) is -2.94. The van der Waals surface area contributed by atoms with E-state index in [-0.39, 0.29) is 12.8 Å². The van der Waals surface area contributed by atoms with Crippen LogP contribution >= 0.6 is 11.3 Å². The predicted molar refractivity (Wildman–Crippen MR) is 99.0 cm³/mol. The highest BCUT2D eigenvalue weighted by atomic mass is 32.1. The van der Waals surface area contributed by atoms with Gasteiger partial charge in [0.25, 0.3) is 0 Å². The van der Waals surface area contributed by atoms with Gasteiger partial charge in [0, 0.05) is 16.4 Å². The van der Waals surface area contributed by atoms with E-state index in [1.54, 1.807) is 7.11 Å². The first-order chi connectivity index (χ1) is 12.8. The number of hydrogen-bond donors (Lipinski definition) is 1. The van der Waals surface area contributed by atoms with Crippen LogP contribution in [0.3, 0.4) is 0 Å². The van der Waals surface area contributed by atoms with Crippen molar-refractivity contribution in [2.75, 3.05) is 12.4 Å². The molecule has 1 amide bonds. The average molecular weight is 398 g/mol. The van der Waals surface area contributed by atoms with Gasteiger partial charge in [-0.15, -0.1) is 11.3 Å². The summed E-state index contributed by atoms with van der Waals surface area (Å²) in [5, 5.41) is 2.94. The molecule has 1 fully saturated rings. The van der Waals surface area contributed by atoms with Crippen LogP contribution in [0, 0.1) is 18.8 Å². The molecular formula is C19H21F3N2O2S. The van der Waals surface area contributed by atoms with E-state index in [1.807, 2.05) is 31.2 Å². The van der Waals surface area contributed by atoms with Gasteiger partial charge in [-0.2, -0.15) is 13.2 Å². The number of aromatic nitrogens is 1. The molecule has 0 aliphatic heterocycles. The van der Waals surface area contributed by atoms with Crippen molar-refractivity contribution >= 4 is 22.4 Å². The number of rotatable bonds is 4. The molecule has 27 heavy (non-hydrogen) atoms. The molecule has 2 aromatic rings. The summed E-state index contributed by atoms with van der Waals surface area (Å²) in [5.41, 5.74) is 1.56. The molecular weight excluding hydrogens is 377 g/mol. The SMILES string of the molecule is COc1ccc(-c2nc(NC(=O)[C@H]3CCCC[C@H]3C(F)(F)F)sc2C)cc1. The van der Waals surface area contributed by atoms with E-state index in [0.29, 0.717) is 23.7 Å². The summed E-state index contributed by atoms with van der Waals surface area (Å²) in [5.74, 6) is -2.50. The molecule has 4 nitrogen and oxygen atoms in total. The van der Waals surface area contributed by atoms with Gasteiger partial charge in [0.15, 0.2) is 5.13 Å². The molecule has 0 spiro atoms. The number of carbonyl (C=O) groups excluding carboxylic acids is 1. The van der Waals surface area contributed by atoms with Crippen molar-refractivity contribution in [2.45, 2.75) is 38.8 Å². The van der Waals surface area contributed by atoms with E-state index in [0.717, 1.165) is 16.2 Å². The predicted octanol–water partition coefficient (Wildman–Crippen LogP) is 5.43. The van der Waals surface area contributed by atoms with Crippen molar-refractivity contribution < 1.29 is 22.7 Å². The molecule has 0 unspecified atom stereocenters. The number of hydrogen-bond acceptors (Lipinski definition) is 4. The summed E-state index contributed by atoms with van der Waals surface area (Å²) >= 11 is 1.26. The lowest BCUT2D eigenvalue weighted by molar-refractivity contribution is -0.197. The highest BCUT2D eigenvalue weighted by Gasteiger charge is 2.48. The van der Waals surface area contributed by atoms with Gasteiger partial charge in [-0.05, 0) is 44.0 Å². The van der Waals surface area contributed by atoms with Crippen LogP contribution in [0.4, 0.5) is 18.3 Å². The number of nitrogens with one attached hydrogen (secondary N) is 1. The summed E-state index contributed by atoms with van der Waals surface area (Å²) in [4.78, 5) is 17.8. The Hall–Kier alpha value is -2.09. The van der Waals surface area contributed by atoms with Crippen molar-refractivity contribution in [3.8, 4) is 17.0 Å². The largest absolute Gasteiger partial charge is 0.497 e. The van der Waals surface area contributed by atoms with Crippen LogP contribution in [0.5, 0.6) is 5.75 Å². The normalized spacial score (nSPS) is 20.3. The summed E-state index contributed by atoms with van der Waals surface area (Å²) < 4.78 is 44.8. The quantitative estimate of drug-likeness (QED) is 0.747. The Balaban J connectivity index is 1.76. The standard InChI is InChI=1S/C19H21F3N2O2S/c1-11-16(12-7-9-13(26-2)10-8-12)23-18(27-11)24-17(25)14-5-3-4-6-15(14)19(20,21)22/h7-10,14-15H,3-6H2,1-2H3,(H,23,24,25)/t14-,15+/m0/s1. The van der Waals surface area contributed by atoms with Gasteiger partial charge < -0.3 is 10.1 Å². The van der Waals surface area contributed by atoms with Gasteiger partial charge in [-0.25, -0.2) is 4.98 Å². The number of amides is 1. The highest BCUT2D eigenvalue weighted by molar-refractivity contribution is 7.16. The van der Waals surface area contributed by atoms with E-state index < -0.39 is 23.9 Å². The Morgan fingerprint density at radius 3 is 2.52 bits per heavy atom. The number of anilines is 1. The average Bonchev–Trinajstić information content (AvgIpc) is 3.01. The molecule has 0 saturated heterocycles. The second-order valence-corrected chi connectivity index (χ2v) is 7.88. The maximum Gasteiger partial charge on any atom is 0.392 e. The molecule has 0 bridgehead atoms. The van der Waals surface area contributed by atoms with Gasteiger partial charge >= 0.3 is 6.18 Å². The first-order valence-corrected chi connectivity index (χ1v) is 9.60. The van der Waals surface area contributed by atoms with Crippen LogP contribution in [-0.4, -0.2) is 24.2 Å². The zero-order chi connectivity index (χ0) is 19.6. The molecule has 1 aliphatic carbocycles. The van der Waals surface area contributed by atoms with Crippen LogP contribution in [0.2, 0.25) is 0 Å². The number of alkyl halides is 3. The van der Waals surface area contributed by atoms with Crippen LogP contribution in [0.1, 0.15) is 30.6 Å². The molecule has 1 N–H and O–H groups in total. The molecule has 1 aliphatic rings. The molecule has 3 rings (SSSR count). The lowest BCUT2D eigenvalue weighted by Gasteiger charge is -2.31. The topological polar surface area (TPSA) is 51.2 Å². The number of benzene rings is 1. The van der Waals surface area contributed by atoms with E-state index in [9.17, 15) is 18.0 Å². The van der Waals surface area contributed by atoms with Crippen LogP contribution in [-0.2, 0) is 4.79 Å². The van der Waals surface area contributed by atoms with Crippen molar-refractivity contribution in [1.82, 2.24) is 4.98 Å². The van der Waals surface area contributed by atoms with Crippen LogP contribution in [0.25, 0.3) is 11.3 Å². The minimum absolute atomic E-state index is 0.00951. The molecule has 2 atom stereocenters. The maximum atomic E-state index is 13.2. The number of methoxy groups -OCH3 is 1. The number of thiazole rings is 1. The number of ether oxygens (including phenoxy) is 1. The first kappa shape index (κ1) is 19.7. The van der Waals surface area contributed by atoms with Gasteiger partial charge in [0.1, 0.15) is 5.75 Å². The molecule has 1 saturated carbocycles. The Kier molecular flexibility index (Phi) is 5.74. The lowest BCUT2D eigenvalue weighted by atomic mass is 9.78. The van der Waals surface area contributed by atoms with E-state index in [4.69, 9.17) is 4.74 Å². The van der Waals surface area contributed by atoms with Crippen LogP contribution < -0.4 is 10.1 Å². The fourth-order valence-electron chi connectivity index (χ4n) is 3.50. The minimum atomic E-state index is -4.35. The lowest BCUT2D eigenvalue weighted by Crippen LogP contribution is -2.39. The third kappa shape index (κ3) is 4.43. The zero-order valence-corrected chi connectivity index (χ0v) is 15.9. The van der Waals surface area contributed by atoms with Crippen LogP contribution in [0.15, 0.2) is 24.3 Å². The Bertz CT molecular complexity index is 802. The smallest absolute Gasteiger partial charge is 0.392 e. The van der Waals surface area contributed by atoms with E-state index in [1.165, 1.54) is 11.3 Å². The third-order valence-corrected chi connectivity index (χ3v) is 5.80. The van der Waals surface area contributed by atoms with Gasteiger partial charge in [0.05, 0.1) is 18.7 Å². The summed E-state index contributed by atoms with van der Waals surface area (Å²) in [6, 6.07) is 7.32. The fourth-order valence-corrected chi connectivity index (χ4v) is 4.34.